The van der Waals surface area contributed by atoms with Crippen LogP contribution in [-0.4, -0.2) is 99.1 Å². The zero-order valence-electron chi connectivity index (χ0n) is 18.3. The van der Waals surface area contributed by atoms with Crippen LogP contribution in [0.15, 0.2) is 0 Å². The average molecular weight is 432 g/mol. The molecule has 3 N–H and O–H groups in total. The number of rotatable bonds is 9. The Labute approximate surface area is 175 Å². The molecular formula is C19H32N2O9. The van der Waals surface area contributed by atoms with E-state index in [9.17, 15) is 29.4 Å². The third-order valence-corrected chi connectivity index (χ3v) is 5.92. The van der Waals surface area contributed by atoms with Crippen LogP contribution in [0.3, 0.4) is 0 Å². The Morgan fingerprint density at radius 1 is 1.07 bits per heavy atom. The summed E-state index contributed by atoms with van der Waals surface area (Å²) in [5.74, 6) is -4.21. The fourth-order valence-corrected chi connectivity index (χ4v) is 4.32. The number of carbonyl (C=O) groups excluding carboxylic acids is 3. The van der Waals surface area contributed by atoms with Gasteiger partial charge in [-0.15, -0.1) is 0 Å². The van der Waals surface area contributed by atoms with Crippen molar-refractivity contribution in [1.29, 1.82) is 0 Å². The summed E-state index contributed by atoms with van der Waals surface area (Å²) in [5.41, 5.74) is -3.31. The van der Waals surface area contributed by atoms with E-state index in [-0.39, 0.29) is 19.6 Å². The van der Waals surface area contributed by atoms with E-state index in [2.05, 4.69) is 5.32 Å². The lowest BCUT2D eigenvalue weighted by molar-refractivity contribution is -0.209. The lowest BCUT2D eigenvalue weighted by Gasteiger charge is -2.55. The van der Waals surface area contributed by atoms with E-state index in [4.69, 9.17) is 14.2 Å². The number of aliphatic hydroxyl groups is 1. The minimum absolute atomic E-state index is 0.0935. The number of aliphatic hydroxyl groups excluding tert-OH is 1. The van der Waals surface area contributed by atoms with E-state index in [1.165, 1.54) is 4.90 Å². The van der Waals surface area contributed by atoms with Crippen LogP contribution < -0.4 is 5.32 Å². The molecule has 4 atom stereocenters. The Hall–Kier alpha value is -2.24. The van der Waals surface area contributed by atoms with E-state index in [0.29, 0.717) is 0 Å². The van der Waals surface area contributed by atoms with Gasteiger partial charge in [0, 0.05) is 19.6 Å². The fourth-order valence-electron chi connectivity index (χ4n) is 4.32. The van der Waals surface area contributed by atoms with Crippen molar-refractivity contribution in [3.05, 3.63) is 0 Å². The van der Waals surface area contributed by atoms with Gasteiger partial charge < -0.3 is 29.7 Å². The molecule has 0 amide bonds. The van der Waals surface area contributed by atoms with Crippen LogP contribution >= 0.6 is 0 Å². The molecule has 1 heterocycles. The molecule has 0 aromatic rings. The van der Waals surface area contributed by atoms with Gasteiger partial charge in [0.1, 0.15) is 16.9 Å². The van der Waals surface area contributed by atoms with Crippen LogP contribution in [0, 0.1) is 16.7 Å². The van der Waals surface area contributed by atoms with E-state index in [1.54, 1.807) is 20.9 Å². The molecule has 1 saturated heterocycles. The van der Waals surface area contributed by atoms with E-state index in [1.807, 2.05) is 0 Å². The van der Waals surface area contributed by atoms with E-state index in [0.717, 1.165) is 21.3 Å². The first-order valence-corrected chi connectivity index (χ1v) is 9.51. The number of nitrogens with zero attached hydrogens (tertiary/aromatic N) is 1. The van der Waals surface area contributed by atoms with Crippen LogP contribution in [0.25, 0.3) is 0 Å². The number of methoxy groups -OCH3 is 3. The summed E-state index contributed by atoms with van der Waals surface area (Å²) in [5, 5.41) is 23.6. The summed E-state index contributed by atoms with van der Waals surface area (Å²) in [4.78, 5) is 51.1. The topological polar surface area (TPSA) is 152 Å². The summed E-state index contributed by atoms with van der Waals surface area (Å²) in [6.45, 7) is 2.81. The van der Waals surface area contributed by atoms with Gasteiger partial charge in [-0.2, -0.15) is 0 Å². The molecule has 1 aliphatic rings. The fraction of sp³-hybridized carbons (Fsp3) is 0.789. The number of carbonyl (C=O) groups is 4. The summed E-state index contributed by atoms with van der Waals surface area (Å²) >= 11 is 0. The van der Waals surface area contributed by atoms with Crippen LogP contribution in [0.4, 0.5) is 0 Å². The number of carboxylic acid groups (broad SMARTS) is 1. The first-order chi connectivity index (χ1) is 14.0. The lowest BCUT2D eigenvalue weighted by Crippen LogP contribution is -2.73. The molecule has 1 fully saturated rings. The molecule has 4 unspecified atom stereocenters. The largest absolute Gasteiger partial charge is 0.481 e. The highest BCUT2D eigenvalue weighted by atomic mass is 16.5. The van der Waals surface area contributed by atoms with Crippen LogP contribution in [0.2, 0.25) is 0 Å². The van der Waals surface area contributed by atoms with Crippen molar-refractivity contribution in [3.8, 4) is 0 Å². The monoisotopic (exact) mass is 432 g/mol. The molecule has 172 valence electrons. The highest BCUT2D eigenvalue weighted by Crippen LogP contribution is 2.47. The van der Waals surface area contributed by atoms with Gasteiger partial charge in [0.25, 0.3) is 0 Å². The standard InChI is InChI=1S/C19H32N2O9/c1-11(2)19(17(27)30-6)10-21(12(7-13(22)23)14(24)28-4)9-18(8-20-3,15(19)25)16(26)29-5/h11-12,15,20,25H,7-10H2,1-6H3,(H,22,23). The smallest absolute Gasteiger partial charge is 0.323 e. The average Bonchev–Trinajstić information content (AvgIpc) is 2.71. The van der Waals surface area contributed by atoms with Crippen molar-refractivity contribution in [1.82, 2.24) is 10.2 Å². The summed E-state index contributed by atoms with van der Waals surface area (Å²) in [7, 11) is 4.98. The minimum atomic E-state index is -1.68. The van der Waals surface area contributed by atoms with Crippen molar-refractivity contribution < 1.29 is 43.6 Å². The Kier molecular flexibility index (Phi) is 8.76. The molecule has 0 aliphatic carbocycles. The maximum atomic E-state index is 13.0. The molecule has 0 saturated carbocycles. The van der Waals surface area contributed by atoms with Crippen LogP contribution in [0.5, 0.6) is 0 Å². The van der Waals surface area contributed by atoms with Crippen molar-refractivity contribution in [2.45, 2.75) is 32.4 Å². The van der Waals surface area contributed by atoms with Gasteiger partial charge in [0.15, 0.2) is 0 Å². The van der Waals surface area contributed by atoms with Gasteiger partial charge in [-0.05, 0) is 13.0 Å². The number of carboxylic acids is 1. The number of hydrogen-bond donors (Lipinski definition) is 3. The maximum Gasteiger partial charge on any atom is 0.323 e. The number of piperidine rings is 1. The van der Waals surface area contributed by atoms with E-state index >= 15 is 0 Å². The molecule has 0 radical (unpaired) electrons. The van der Waals surface area contributed by atoms with Gasteiger partial charge in [0.05, 0.1) is 33.9 Å². The normalized spacial score (nSPS) is 27.9. The second-order valence-electron chi connectivity index (χ2n) is 7.81. The maximum absolute atomic E-state index is 13.0. The van der Waals surface area contributed by atoms with Gasteiger partial charge in [0.2, 0.25) is 0 Å². The molecule has 0 bridgehead atoms. The lowest BCUT2D eigenvalue weighted by atomic mass is 9.59. The minimum Gasteiger partial charge on any atom is -0.481 e. The summed E-state index contributed by atoms with van der Waals surface area (Å²) in [6, 6.07) is -1.29. The summed E-state index contributed by atoms with van der Waals surface area (Å²) < 4.78 is 14.7. The molecule has 0 aromatic heterocycles. The molecule has 30 heavy (non-hydrogen) atoms. The highest BCUT2D eigenvalue weighted by molar-refractivity contribution is 5.86. The van der Waals surface area contributed by atoms with Gasteiger partial charge in [-0.3, -0.25) is 24.1 Å². The quantitative estimate of drug-likeness (QED) is 0.300. The molecule has 1 aliphatic heterocycles. The number of hydrogen-bond acceptors (Lipinski definition) is 10. The van der Waals surface area contributed by atoms with Crippen LogP contribution in [-0.2, 0) is 33.4 Å². The number of aliphatic carboxylic acids is 1. The molecule has 0 spiro atoms. The number of esters is 3. The van der Waals surface area contributed by atoms with Crippen molar-refractivity contribution in [3.63, 3.8) is 0 Å². The zero-order chi connectivity index (χ0) is 23.3. The number of ether oxygens (including phenoxy) is 3. The van der Waals surface area contributed by atoms with Gasteiger partial charge in [-0.25, -0.2) is 0 Å². The first-order valence-electron chi connectivity index (χ1n) is 9.51. The number of nitrogens with one attached hydrogen (secondary N) is 1. The second kappa shape index (κ2) is 10.2. The van der Waals surface area contributed by atoms with Crippen molar-refractivity contribution in [2.24, 2.45) is 16.7 Å². The third kappa shape index (κ3) is 4.42. The first kappa shape index (κ1) is 25.8. The highest BCUT2D eigenvalue weighted by Gasteiger charge is 2.65. The van der Waals surface area contributed by atoms with Gasteiger partial charge in [-0.1, -0.05) is 13.8 Å². The predicted octanol–water partition coefficient (Wildman–Crippen LogP) is -1.13. The number of likely N-dealkylation sites (tertiary alicyclic amines) is 1. The van der Waals surface area contributed by atoms with Gasteiger partial charge >= 0.3 is 23.9 Å². The Bertz CT molecular complexity index is 668. The zero-order valence-corrected chi connectivity index (χ0v) is 18.3. The molecule has 1 rings (SSSR count). The second-order valence-corrected chi connectivity index (χ2v) is 7.81. The van der Waals surface area contributed by atoms with Crippen molar-refractivity contribution >= 4 is 23.9 Å². The summed E-state index contributed by atoms with van der Waals surface area (Å²) in [6.07, 6.45) is -2.15. The third-order valence-electron chi connectivity index (χ3n) is 5.92. The van der Waals surface area contributed by atoms with Crippen molar-refractivity contribution in [2.75, 3.05) is 48.0 Å². The molecule has 0 aromatic carbocycles. The molecular weight excluding hydrogens is 400 g/mol. The Balaban J connectivity index is 3.77. The molecule has 11 heteroatoms. The van der Waals surface area contributed by atoms with E-state index < -0.39 is 59.2 Å². The Morgan fingerprint density at radius 2 is 1.63 bits per heavy atom. The molecule has 11 nitrogen and oxygen atoms in total. The SMILES string of the molecule is CNCC1(C(=O)OC)CN(C(CC(=O)O)C(=O)OC)CC(C(=O)OC)(C(C)C)C1O. The Morgan fingerprint density at radius 3 is 2.03 bits per heavy atom. The predicted molar refractivity (Wildman–Crippen MR) is 103 cm³/mol. The van der Waals surface area contributed by atoms with Crippen LogP contribution in [0.1, 0.15) is 20.3 Å².